The highest BCUT2D eigenvalue weighted by molar-refractivity contribution is 6.01. The lowest BCUT2D eigenvalue weighted by Gasteiger charge is -2.34. The summed E-state index contributed by atoms with van der Waals surface area (Å²) in [7, 11) is 0. The molecular weight excluding hydrogens is 516 g/mol. The SMILES string of the molecule is CC(C)(C)OC(=O)NC(CC(N)=O)C(=O)N(CCO)C(C(=O)Nc1ccc2ccccc2c1)c1ccccc1O. The third-order valence-electron chi connectivity index (χ3n) is 5.83. The van der Waals surface area contributed by atoms with Gasteiger partial charge in [0.25, 0.3) is 5.91 Å². The number of phenols is 1. The summed E-state index contributed by atoms with van der Waals surface area (Å²) >= 11 is 0. The quantitative estimate of drug-likeness (QED) is 0.258. The number of nitrogens with one attached hydrogen (secondary N) is 2. The summed E-state index contributed by atoms with van der Waals surface area (Å²) in [6.45, 7) is 3.95. The zero-order chi connectivity index (χ0) is 29.4. The van der Waals surface area contributed by atoms with Crippen LogP contribution in [0.1, 0.15) is 38.8 Å². The van der Waals surface area contributed by atoms with Crippen LogP contribution in [0.4, 0.5) is 10.5 Å². The molecule has 3 aromatic rings. The molecule has 0 spiro atoms. The molecule has 212 valence electrons. The van der Waals surface area contributed by atoms with Gasteiger partial charge in [-0.15, -0.1) is 0 Å². The van der Waals surface area contributed by atoms with Crippen molar-refractivity contribution in [3.05, 3.63) is 72.3 Å². The van der Waals surface area contributed by atoms with Gasteiger partial charge >= 0.3 is 6.09 Å². The Bertz CT molecular complexity index is 1390. The fourth-order valence-electron chi connectivity index (χ4n) is 4.17. The van der Waals surface area contributed by atoms with Crippen molar-refractivity contribution in [2.75, 3.05) is 18.5 Å². The van der Waals surface area contributed by atoms with Crippen molar-refractivity contribution in [3.8, 4) is 5.75 Å². The monoisotopic (exact) mass is 550 g/mol. The summed E-state index contributed by atoms with van der Waals surface area (Å²) < 4.78 is 5.22. The number of anilines is 1. The number of hydrogen-bond acceptors (Lipinski definition) is 7. The third-order valence-corrected chi connectivity index (χ3v) is 5.83. The van der Waals surface area contributed by atoms with Gasteiger partial charge in [0.05, 0.1) is 13.0 Å². The smallest absolute Gasteiger partial charge is 0.408 e. The molecule has 4 amide bonds. The van der Waals surface area contributed by atoms with Crippen LogP contribution in [-0.4, -0.2) is 63.7 Å². The number of para-hydroxylation sites is 1. The van der Waals surface area contributed by atoms with Gasteiger partial charge in [0.2, 0.25) is 11.8 Å². The molecule has 3 aromatic carbocycles. The number of carbonyl (C=O) groups excluding carboxylic acids is 4. The first-order chi connectivity index (χ1) is 18.9. The van der Waals surface area contributed by atoms with Crippen LogP contribution in [0, 0.1) is 0 Å². The Morgan fingerprint density at radius 1 is 0.975 bits per heavy atom. The van der Waals surface area contributed by atoms with E-state index in [9.17, 15) is 29.4 Å². The predicted molar refractivity (Wildman–Crippen MR) is 149 cm³/mol. The van der Waals surface area contributed by atoms with E-state index in [1.807, 2.05) is 30.3 Å². The highest BCUT2D eigenvalue weighted by Gasteiger charge is 2.38. The van der Waals surface area contributed by atoms with Crippen LogP contribution in [0.2, 0.25) is 0 Å². The van der Waals surface area contributed by atoms with Crippen molar-refractivity contribution in [1.82, 2.24) is 10.2 Å². The number of aliphatic hydroxyl groups is 1. The Morgan fingerprint density at radius 2 is 1.62 bits per heavy atom. The van der Waals surface area contributed by atoms with Gasteiger partial charge in [-0.2, -0.15) is 0 Å². The number of nitrogens with two attached hydrogens (primary N) is 1. The van der Waals surface area contributed by atoms with E-state index in [0.717, 1.165) is 15.7 Å². The van der Waals surface area contributed by atoms with Gasteiger partial charge in [0.15, 0.2) is 0 Å². The number of primary amides is 1. The highest BCUT2D eigenvalue weighted by atomic mass is 16.6. The topological polar surface area (TPSA) is 171 Å². The molecule has 0 bridgehead atoms. The first-order valence-electron chi connectivity index (χ1n) is 12.7. The molecule has 0 saturated carbocycles. The molecule has 11 heteroatoms. The number of hydrogen-bond donors (Lipinski definition) is 5. The first kappa shape index (κ1) is 29.9. The molecule has 0 aliphatic carbocycles. The van der Waals surface area contributed by atoms with Crippen LogP contribution >= 0.6 is 0 Å². The molecule has 6 N–H and O–H groups in total. The fraction of sp³-hybridized carbons (Fsp3) is 0.310. The average molecular weight is 551 g/mol. The number of phenolic OH excluding ortho intramolecular Hbond substituents is 1. The lowest BCUT2D eigenvalue weighted by atomic mass is 10.0. The molecule has 0 radical (unpaired) electrons. The normalized spacial score (nSPS) is 12.7. The molecule has 2 unspecified atom stereocenters. The largest absolute Gasteiger partial charge is 0.508 e. The van der Waals surface area contributed by atoms with Crippen LogP contribution in [0.15, 0.2) is 66.7 Å². The Morgan fingerprint density at radius 3 is 2.25 bits per heavy atom. The molecule has 0 aliphatic heterocycles. The van der Waals surface area contributed by atoms with Gasteiger partial charge in [-0.1, -0.05) is 48.5 Å². The van der Waals surface area contributed by atoms with E-state index in [1.165, 1.54) is 12.1 Å². The predicted octanol–water partition coefficient (Wildman–Crippen LogP) is 2.81. The van der Waals surface area contributed by atoms with Crippen molar-refractivity contribution < 1.29 is 34.1 Å². The van der Waals surface area contributed by atoms with E-state index in [0.29, 0.717) is 5.69 Å². The summed E-state index contributed by atoms with van der Waals surface area (Å²) in [5.74, 6) is -2.75. The van der Waals surface area contributed by atoms with E-state index in [-0.39, 0.29) is 17.9 Å². The Labute approximate surface area is 231 Å². The van der Waals surface area contributed by atoms with Crippen LogP contribution < -0.4 is 16.4 Å². The lowest BCUT2D eigenvalue weighted by molar-refractivity contribution is -0.142. The molecule has 11 nitrogen and oxygen atoms in total. The minimum Gasteiger partial charge on any atom is -0.508 e. The third kappa shape index (κ3) is 7.93. The molecule has 0 fully saturated rings. The van der Waals surface area contributed by atoms with E-state index < -0.39 is 54.5 Å². The second-order valence-electron chi connectivity index (χ2n) is 10.1. The maximum atomic E-state index is 13.8. The Kier molecular flexibility index (Phi) is 9.68. The van der Waals surface area contributed by atoms with Crippen LogP contribution in [0.25, 0.3) is 10.8 Å². The minimum absolute atomic E-state index is 0.0673. The molecule has 0 aliphatic rings. The maximum absolute atomic E-state index is 13.8. The Balaban J connectivity index is 2.01. The molecular formula is C29H34N4O7. The number of benzene rings is 3. The molecule has 40 heavy (non-hydrogen) atoms. The maximum Gasteiger partial charge on any atom is 0.408 e. The second-order valence-corrected chi connectivity index (χ2v) is 10.1. The molecule has 0 heterocycles. The van der Waals surface area contributed by atoms with Crippen LogP contribution in [-0.2, 0) is 19.1 Å². The summed E-state index contributed by atoms with van der Waals surface area (Å²) in [5, 5.41) is 27.4. The zero-order valence-corrected chi connectivity index (χ0v) is 22.6. The average Bonchev–Trinajstić information content (AvgIpc) is 2.87. The lowest BCUT2D eigenvalue weighted by Crippen LogP contribution is -2.54. The second kappa shape index (κ2) is 12.9. The van der Waals surface area contributed by atoms with Gasteiger partial charge in [-0.25, -0.2) is 4.79 Å². The highest BCUT2D eigenvalue weighted by Crippen LogP contribution is 2.31. The molecule has 0 saturated heterocycles. The van der Waals surface area contributed by atoms with Gasteiger partial charge in [-0.3, -0.25) is 14.4 Å². The first-order valence-corrected chi connectivity index (χ1v) is 12.7. The van der Waals surface area contributed by atoms with Gasteiger partial charge in [-0.05, 0) is 49.7 Å². The molecule has 2 atom stereocenters. The Hall–Kier alpha value is -4.64. The van der Waals surface area contributed by atoms with E-state index in [1.54, 1.807) is 45.0 Å². The number of nitrogens with zero attached hydrogens (tertiary/aromatic N) is 1. The van der Waals surface area contributed by atoms with Crippen molar-refractivity contribution >= 4 is 40.3 Å². The summed E-state index contributed by atoms with van der Waals surface area (Å²) in [6.07, 6.45) is -1.57. The summed E-state index contributed by atoms with van der Waals surface area (Å²) in [4.78, 5) is 52.9. The number of aromatic hydroxyl groups is 1. The molecule has 0 aromatic heterocycles. The van der Waals surface area contributed by atoms with E-state index >= 15 is 0 Å². The van der Waals surface area contributed by atoms with Gasteiger partial charge in [0.1, 0.15) is 23.4 Å². The van der Waals surface area contributed by atoms with Gasteiger partial charge < -0.3 is 36.2 Å². The van der Waals surface area contributed by atoms with E-state index in [2.05, 4.69) is 10.6 Å². The van der Waals surface area contributed by atoms with Crippen LogP contribution in [0.3, 0.4) is 0 Å². The number of carbonyl (C=O) groups is 4. The number of amides is 4. The zero-order valence-electron chi connectivity index (χ0n) is 22.6. The van der Waals surface area contributed by atoms with Gasteiger partial charge in [0, 0.05) is 17.8 Å². The van der Waals surface area contributed by atoms with E-state index in [4.69, 9.17) is 10.5 Å². The van der Waals surface area contributed by atoms with Crippen molar-refractivity contribution in [1.29, 1.82) is 0 Å². The van der Waals surface area contributed by atoms with Crippen molar-refractivity contribution in [2.45, 2.75) is 44.9 Å². The number of rotatable bonds is 10. The fourth-order valence-corrected chi connectivity index (χ4v) is 4.17. The minimum atomic E-state index is -1.51. The van der Waals surface area contributed by atoms with Crippen LogP contribution in [0.5, 0.6) is 5.75 Å². The summed E-state index contributed by atoms with van der Waals surface area (Å²) in [5.41, 5.74) is 4.96. The molecule has 3 rings (SSSR count). The van der Waals surface area contributed by atoms with Crippen molar-refractivity contribution in [2.24, 2.45) is 5.73 Å². The number of fused-ring (bicyclic) bond motifs is 1. The number of aliphatic hydroxyl groups excluding tert-OH is 1. The number of ether oxygens (including phenoxy) is 1. The number of alkyl carbamates (subject to hydrolysis) is 1. The van der Waals surface area contributed by atoms with Crippen molar-refractivity contribution in [3.63, 3.8) is 0 Å². The summed E-state index contributed by atoms with van der Waals surface area (Å²) in [6, 6.07) is 15.8. The standard InChI is InChI=1S/C29H34N4O7/c1-29(2,3)40-28(39)32-22(17-24(30)36)27(38)33(14-15-34)25(21-10-6-7-11-23(21)35)26(37)31-20-13-12-18-8-4-5-9-19(18)16-20/h4-13,16,22,25,34-35H,14-15,17H2,1-3H3,(H2,30,36)(H,31,37)(H,32,39).